The highest BCUT2D eigenvalue weighted by atomic mass is 16.6. The van der Waals surface area contributed by atoms with Gasteiger partial charge in [-0.05, 0) is 32.1 Å². The van der Waals surface area contributed by atoms with Gasteiger partial charge < -0.3 is 10.2 Å². The van der Waals surface area contributed by atoms with E-state index in [0.29, 0.717) is 30.1 Å². The number of fused-ring (bicyclic) bond motifs is 1. The van der Waals surface area contributed by atoms with Gasteiger partial charge in [-0.3, -0.25) is 10.1 Å². The third-order valence-electron chi connectivity index (χ3n) is 4.61. The Morgan fingerprint density at radius 2 is 2.19 bits per heavy atom. The zero-order valence-electron chi connectivity index (χ0n) is 12.3. The SMILES string of the molecule is CCNc1ncnc(N2CCC3CCCCC32)c1[N+](=O)[O-]. The van der Waals surface area contributed by atoms with Gasteiger partial charge in [0, 0.05) is 19.1 Å². The van der Waals surface area contributed by atoms with Crippen LogP contribution < -0.4 is 10.2 Å². The van der Waals surface area contributed by atoms with E-state index in [2.05, 4.69) is 20.2 Å². The lowest BCUT2D eigenvalue weighted by Gasteiger charge is -2.32. The van der Waals surface area contributed by atoms with E-state index in [9.17, 15) is 10.1 Å². The predicted octanol–water partition coefficient (Wildman–Crippen LogP) is 2.59. The summed E-state index contributed by atoms with van der Waals surface area (Å²) in [7, 11) is 0. The van der Waals surface area contributed by atoms with E-state index in [4.69, 9.17) is 0 Å². The van der Waals surface area contributed by atoms with Crippen molar-refractivity contribution in [2.24, 2.45) is 5.92 Å². The highest BCUT2D eigenvalue weighted by Gasteiger charge is 2.40. The average Bonchev–Trinajstić information content (AvgIpc) is 2.91. The Kier molecular flexibility index (Phi) is 3.90. The summed E-state index contributed by atoms with van der Waals surface area (Å²) in [5, 5.41) is 14.5. The molecule has 0 aromatic carbocycles. The minimum absolute atomic E-state index is 0.0190. The van der Waals surface area contributed by atoms with Crippen LogP contribution >= 0.6 is 0 Å². The predicted molar refractivity (Wildman–Crippen MR) is 80.6 cm³/mol. The van der Waals surface area contributed by atoms with Crippen LogP contribution in [0.1, 0.15) is 39.0 Å². The highest BCUT2D eigenvalue weighted by Crippen LogP contribution is 2.42. The van der Waals surface area contributed by atoms with Crippen LogP contribution in [-0.2, 0) is 0 Å². The van der Waals surface area contributed by atoms with Crippen LogP contribution in [0.5, 0.6) is 0 Å². The fourth-order valence-corrected chi connectivity index (χ4v) is 3.71. The van der Waals surface area contributed by atoms with E-state index in [1.165, 1.54) is 25.6 Å². The molecule has 7 heteroatoms. The first kappa shape index (κ1) is 14.0. The minimum Gasteiger partial charge on any atom is -0.364 e. The molecule has 1 saturated heterocycles. The van der Waals surface area contributed by atoms with Crippen LogP contribution in [-0.4, -0.2) is 34.0 Å². The Morgan fingerprint density at radius 3 is 2.95 bits per heavy atom. The molecule has 3 rings (SSSR count). The van der Waals surface area contributed by atoms with Crippen molar-refractivity contribution in [1.82, 2.24) is 9.97 Å². The van der Waals surface area contributed by atoms with Crippen molar-refractivity contribution in [1.29, 1.82) is 0 Å². The molecule has 7 nitrogen and oxygen atoms in total. The number of nitrogens with zero attached hydrogens (tertiary/aromatic N) is 4. The molecule has 2 fully saturated rings. The van der Waals surface area contributed by atoms with Crippen molar-refractivity contribution in [3.8, 4) is 0 Å². The van der Waals surface area contributed by atoms with E-state index in [1.54, 1.807) is 0 Å². The van der Waals surface area contributed by atoms with Gasteiger partial charge in [0.1, 0.15) is 6.33 Å². The van der Waals surface area contributed by atoms with E-state index in [-0.39, 0.29) is 10.6 Å². The summed E-state index contributed by atoms with van der Waals surface area (Å²) in [6, 6.07) is 0.404. The Hall–Kier alpha value is -1.92. The molecule has 0 bridgehead atoms. The maximum Gasteiger partial charge on any atom is 0.353 e. The average molecular weight is 291 g/mol. The fourth-order valence-electron chi connectivity index (χ4n) is 3.71. The molecule has 1 aliphatic carbocycles. The second kappa shape index (κ2) is 5.83. The molecule has 2 aliphatic rings. The number of anilines is 2. The van der Waals surface area contributed by atoms with Gasteiger partial charge in [-0.15, -0.1) is 0 Å². The fraction of sp³-hybridized carbons (Fsp3) is 0.714. The zero-order chi connectivity index (χ0) is 14.8. The molecule has 1 aliphatic heterocycles. The third-order valence-corrected chi connectivity index (χ3v) is 4.61. The molecule has 2 atom stereocenters. The zero-order valence-corrected chi connectivity index (χ0v) is 12.3. The van der Waals surface area contributed by atoms with Crippen molar-refractivity contribution in [2.45, 2.75) is 45.1 Å². The van der Waals surface area contributed by atoms with Gasteiger partial charge in [0.05, 0.1) is 4.92 Å². The highest BCUT2D eigenvalue weighted by molar-refractivity contribution is 5.70. The van der Waals surface area contributed by atoms with Crippen LogP contribution in [0.4, 0.5) is 17.3 Å². The first-order valence-corrected chi connectivity index (χ1v) is 7.72. The lowest BCUT2D eigenvalue weighted by molar-refractivity contribution is -0.383. The summed E-state index contributed by atoms with van der Waals surface area (Å²) in [5.74, 6) is 1.48. The Labute approximate surface area is 123 Å². The summed E-state index contributed by atoms with van der Waals surface area (Å²) in [4.78, 5) is 21.6. The maximum absolute atomic E-state index is 11.5. The normalized spacial score (nSPS) is 24.7. The van der Waals surface area contributed by atoms with Crippen LogP contribution in [0.25, 0.3) is 0 Å². The smallest absolute Gasteiger partial charge is 0.353 e. The Bertz CT molecular complexity index is 536. The lowest BCUT2D eigenvalue weighted by atomic mass is 9.85. The second-order valence-corrected chi connectivity index (χ2v) is 5.78. The summed E-state index contributed by atoms with van der Waals surface area (Å²) < 4.78 is 0. The van der Waals surface area contributed by atoms with Gasteiger partial charge in [0.15, 0.2) is 0 Å². The number of aromatic nitrogens is 2. The molecule has 21 heavy (non-hydrogen) atoms. The minimum atomic E-state index is -0.358. The van der Waals surface area contributed by atoms with Gasteiger partial charge in [-0.1, -0.05) is 12.8 Å². The van der Waals surface area contributed by atoms with Crippen molar-refractivity contribution >= 4 is 17.3 Å². The van der Waals surface area contributed by atoms with Crippen LogP contribution in [0.3, 0.4) is 0 Å². The summed E-state index contributed by atoms with van der Waals surface area (Å²) in [6.07, 6.45) is 7.38. The summed E-state index contributed by atoms with van der Waals surface area (Å²) >= 11 is 0. The molecule has 114 valence electrons. The monoisotopic (exact) mass is 291 g/mol. The second-order valence-electron chi connectivity index (χ2n) is 5.78. The number of hydrogen-bond acceptors (Lipinski definition) is 6. The molecular formula is C14H21N5O2. The molecule has 0 amide bonds. The third kappa shape index (κ3) is 2.52. The van der Waals surface area contributed by atoms with E-state index >= 15 is 0 Å². The molecule has 1 N–H and O–H groups in total. The number of nitrogens with one attached hydrogen (secondary N) is 1. The quantitative estimate of drug-likeness (QED) is 0.678. The first-order chi connectivity index (χ1) is 10.2. The van der Waals surface area contributed by atoms with Gasteiger partial charge in [0.2, 0.25) is 11.6 Å². The van der Waals surface area contributed by atoms with Crippen molar-refractivity contribution in [2.75, 3.05) is 23.3 Å². The van der Waals surface area contributed by atoms with E-state index in [0.717, 1.165) is 19.4 Å². The molecule has 2 heterocycles. The molecule has 0 spiro atoms. The first-order valence-electron chi connectivity index (χ1n) is 7.72. The Balaban J connectivity index is 1.97. The van der Waals surface area contributed by atoms with Gasteiger partial charge in [-0.2, -0.15) is 0 Å². The van der Waals surface area contributed by atoms with Crippen LogP contribution in [0.15, 0.2) is 6.33 Å². The number of nitro groups is 1. The molecule has 1 aromatic rings. The standard InChI is InChI=1S/C14H21N5O2/c1-2-15-13-12(19(20)21)14(17-9-16-13)18-8-7-10-5-3-4-6-11(10)18/h9-11H,2-8H2,1H3,(H,15,16,17). The van der Waals surface area contributed by atoms with Crippen molar-refractivity contribution < 1.29 is 4.92 Å². The molecule has 1 saturated carbocycles. The molecule has 2 unspecified atom stereocenters. The molecule has 0 radical (unpaired) electrons. The Morgan fingerprint density at radius 1 is 1.38 bits per heavy atom. The van der Waals surface area contributed by atoms with Gasteiger partial charge in [0.25, 0.3) is 0 Å². The van der Waals surface area contributed by atoms with Crippen molar-refractivity contribution in [3.63, 3.8) is 0 Å². The van der Waals surface area contributed by atoms with Gasteiger partial charge in [-0.25, -0.2) is 9.97 Å². The summed E-state index contributed by atoms with van der Waals surface area (Å²) in [6.45, 7) is 3.36. The van der Waals surface area contributed by atoms with Gasteiger partial charge >= 0.3 is 5.69 Å². The van der Waals surface area contributed by atoms with Crippen LogP contribution in [0.2, 0.25) is 0 Å². The van der Waals surface area contributed by atoms with E-state index < -0.39 is 0 Å². The largest absolute Gasteiger partial charge is 0.364 e. The lowest BCUT2D eigenvalue weighted by Crippen LogP contribution is -2.35. The topological polar surface area (TPSA) is 84.2 Å². The number of rotatable bonds is 4. The summed E-state index contributed by atoms with van der Waals surface area (Å²) in [5.41, 5.74) is 0.0190. The molecular weight excluding hydrogens is 270 g/mol. The van der Waals surface area contributed by atoms with E-state index in [1.807, 2.05) is 6.92 Å². The van der Waals surface area contributed by atoms with Crippen LogP contribution in [0, 0.1) is 16.0 Å². The maximum atomic E-state index is 11.5. The number of hydrogen-bond donors (Lipinski definition) is 1. The molecule has 1 aromatic heterocycles. The van der Waals surface area contributed by atoms with Crippen molar-refractivity contribution in [3.05, 3.63) is 16.4 Å².